The minimum Gasteiger partial charge on any atom is -0.467 e. The van der Waals surface area contributed by atoms with Gasteiger partial charge in [-0.05, 0) is 5.16 Å². The van der Waals surface area contributed by atoms with Crippen LogP contribution >= 0.6 is 0 Å². The molecule has 0 aromatic carbocycles. The predicted molar refractivity (Wildman–Crippen MR) is 40.4 cm³/mol. The van der Waals surface area contributed by atoms with Gasteiger partial charge in [0.15, 0.2) is 6.40 Å². The smallest absolute Gasteiger partial charge is 0.356 e. The van der Waals surface area contributed by atoms with Crippen molar-refractivity contribution in [2.45, 2.75) is 6.10 Å². The van der Waals surface area contributed by atoms with Crippen LogP contribution in [-0.4, -0.2) is 30.2 Å². The summed E-state index contributed by atoms with van der Waals surface area (Å²) < 4.78 is 14.1. The first kappa shape index (κ1) is 7.78. The van der Waals surface area contributed by atoms with Gasteiger partial charge in [-0.3, -0.25) is 4.99 Å². The van der Waals surface area contributed by atoms with Gasteiger partial charge in [-0.2, -0.15) is 0 Å². The van der Waals surface area contributed by atoms with Crippen molar-refractivity contribution < 1.29 is 18.8 Å². The van der Waals surface area contributed by atoms with Crippen molar-refractivity contribution in [3.05, 3.63) is 12.3 Å². The maximum Gasteiger partial charge on any atom is 0.356 e. The average Bonchev–Trinajstić information content (AvgIpc) is 2.74. The van der Waals surface area contributed by atoms with Crippen LogP contribution in [0.2, 0.25) is 0 Å². The molecule has 2 rings (SSSR count). The lowest BCUT2D eigenvalue weighted by molar-refractivity contribution is -0.141. The van der Waals surface area contributed by atoms with Crippen LogP contribution < -0.4 is 4.74 Å². The number of nitrogens with zero attached hydrogens (tertiary/aromatic N) is 2. The van der Waals surface area contributed by atoms with E-state index >= 15 is 0 Å². The number of carbonyl (C=O) groups is 1. The molecule has 0 fully saturated rings. The molecule has 0 bridgehead atoms. The van der Waals surface area contributed by atoms with Crippen molar-refractivity contribution in [3.8, 4) is 5.88 Å². The fraction of sp³-hybridized carbons (Fsp3) is 0.286. The number of carbonyl (C=O) groups excluding carboxylic acids is 1. The summed E-state index contributed by atoms with van der Waals surface area (Å²) in [5.41, 5.74) is 0. The summed E-state index contributed by atoms with van der Waals surface area (Å²) >= 11 is 0. The summed E-state index contributed by atoms with van der Waals surface area (Å²) in [6.45, 7) is 0.288. The number of esters is 1. The van der Waals surface area contributed by atoms with Crippen LogP contribution in [0.4, 0.5) is 0 Å². The van der Waals surface area contributed by atoms with Gasteiger partial charge >= 0.3 is 5.97 Å². The Kier molecular flexibility index (Phi) is 1.95. The largest absolute Gasteiger partial charge is 0.467 e. The van der Waals surface area contributed by atoms with Crippen molar-refractivity contribution in [1.82, 2.24) is 5.16 Å². The van der Waals surface area contributed by atoms with E-state index in [1.165, 1.54) is 18.7 Å². The van der Waals surface area contributed by atoms with Crippen molar-refractivity contribution in [3.63, 3.8) is 0 Å². The van der Waals surface area contributed by atoms with E-state index in [4.69, 9.17) is 9.47 Å². The minimum absolute atomic E-state index is 0.125. The van der Waals surface area contributed by atoms with Crippen LogP contribution in [-0.2, 0) is 9.53 Å². The highest BCUT2D eigenvalue weighted by Crippen LogP contribution is 2.08. The molecule has 6 heteroatoms. The van der Waals surface area contributed by atoms with E-state index in [1.807, 2.05) is 0 Å². The van der Waals surface area contributed by atoms with Gasteiger partial charge in [0.25, 0.3) is 5.88 Å². The summed E-state index contributed by atoms with van der Waals surface area (Å²) in [5, 5.41) is 3.41. The van der Waals surface area contributed by atoms with E-state index in [2.05, 4.69) is 14.7 Å². The molecule has 0 saturated heterocycles. The van der Waals surface area contributed by atoms with E-state index in [0.717, 1.165) is 0 Å². The molecule has 13 heavy (non-hydrogen) atoms. The van der Waals surface area contributed by atoms with Gasteiger partial charge in [-0.1, -0.05) is 0 Å². The molecule has 1 aromatic heterocycles. The molecule has 0 amide bonds. The Bertz CT molecular complexity index is 311. The van der Waals surface area contributed by atoms with Crippen LogP contribution in [0.15, 0.2) is 21.8 Å². The summed E-state index contributed by atoms with van der Waals surface area (Å²) in [4.78, 5) is 14.9. The van der Waals surface area contributed by atoms with Gasteiger partial charge in [-0.15, -0.1) is 0 Å². The third-order valence-electron chi connectivity index (χ3n) is 1.45. The van der Waals surface area contributed by atoms with Gasteiger partial charge in [0.05, 0.1) is 6.54 Å². The van der Waals surface area contributed by atoms with Gasteiger partial charge in [0.2, 0.25) is 6.10 Å². The third kappa shape index (κ3) is 1.66. The van der Waals surface area contributed by atoms with E-state index in [-0.39, 0.29) is 12.4 Å². The summed E-state index contributed by atoms with van der Waals surface area (Å²) in [6, 6.07) is 1.44. The number of rotatable bonds is 2. The van der Waals surface area contributed by atoms with Crippen LogP contribution in [0.1, 0.15) is 0 Å². The average molecular weight is 182 g/mol. The molecule has 0 spiro atoms. The number of aliphatic imine (C=N–C) groups is 1. The third-order valence-corrected chi connectivity index (χ3v) is 1.45. The van der Waals surface area contributed by atoms with Crippen LogP contribution in [0.5, 0.6) is 5.88 Å². The molecule has 1 atom stereocenters. The lowest BCUT2D eigenvalue weighted by Gasteiger charge is -2.05. The second-order valence-electron chi connectivity index (χ2n) is 2.35. The fourth-order valence-corrected chi connectivity index (χ4v) is 0.851. The van der Waals surface area contributed by atoms with E-state index in [9.17, 15) is 4.79 Å². The summed E-state index contributed by atoms with van der Waals surface area (Å²) in [5.74, 6) is -0.396. The Labute approximate surface area is 73.1 Å². The molecular weight excluding hydrogens is 176 g/mol. The number of aromatic nitrogens is 1. The van der Waals surface area contributed by atoms with Gasteiger partial charge in [-0.25, -0.2) is 4.79 Å². The zero-order chi connectivity index (χ0) is 9.10. The first-order valence-corrected chi connectivity index (χ1v) is 3.62. The van der Waals surface area contributed by atoms with Crippen LogP contribution in [0.25, 0.3) is 0 Å². The standard InChI is InChI=1S/C7H6N2O4/c10-7(5-3-8-4-11-5)13-6-1-2-12-9-6/h1-2,4-5H,3H2. The molecule has 0 aliphatic carbocycles. The van der Waals surface area contributed by atoms with E-state index in [0.29, 0.717) is 0 Å². The fourth-order valence-electron chi connectivity index (χ4n) is 0.851. The summed E-state index contributed by atoms with van der Waals surface area (Å²) in [7, 11) is 0. The highest BCUT2D eigenvalue weighted by atomic mass is 16.6. The molecule has 0 N–H and O–H groups in total. The number of ether oxygens (including phenoxy) is 2. The second kappa shape index (κ2) is 3.26. The lowest BCUT2D eigenvalue weighted by Crippen LogP contribution is -2.28. The Balaban J connectivity index is 1.92. The monoisotopic (exact) mass is 182 g/mol. The molecule has 1 aliphatic rings. The first-order valence-electron chi connectivity index (χ1n) is 3.62. The molecule has 1 aromatic rings. The van der Waals surface area contributed by atoms with Crippen molar-refractivity contribution >= 4 is 12.4 Å². The van der Waals surface area contributed by atoms with Gasteiger partial charge in [0.1, 0.15) is 6.26 Å². The molecule has 68 valence electrons. The maximum atomic E-state index is 11.2. The highest BCUT2D eigenvalue weighted by Gasteiger charge is 2.24. The molecule has 0 radical (unpaired) electrons. The Morgan fingerprint density at radius 2 is 2.62 bits per heavy atom. The molecular formula is C7H6N2O4. The minimum atomic E-state index is -0.656. The SMILES string of the molecule is O=C(Oc1ccon1)C1CN=CO1. The zero-order valence-electron chi connectivity index (χ0n) is 6.54. The van der Waals surface area contributed by atoms with Crippen molar-refractivity contribution in [1.29, 1.82) is 0 Å². The van der Waals surface area contributed by atoms with Gasteiger partial charge in [0, 0.05) is 6.07 Å². The van der Waals surface area contributed by atoms with Crippen LogP contribution in [0, 0.1) is 0 Å². The normalized spacial score (nSPS) is 19.8. The van der Waals surface area contributed by atoms with Crippen molar-refractivity contribution in [2.75, 3.05) is 6.54 Å². The quantitative estimate of drug-likeness (QED) is 0.602. The Hall–Kier alpha value is -1.85. The Morgan fingerprint density at radius 3 is 3.23 bits per heavy atom. The summed E-state index contributed by atoms with van der Waals surface area (Å²) in [6.07, 6.45) is 1.89. The van der Waals surface area contributed by atoms with Crippen LogP contribution in [0.3, 0.4) is 0 Å². The van der Waals surface area contributed by atoms with Crippen molar-refractivity contribution in [2.24, 2.45) is 4.99 Å². The molecule has 1 aliphatic heterocycles. The zero-order valence-corrected chi connectivity index (χ0v) is 6.54. The molecule has 1 unspecified atom stereocenters. The molecule has 2 heterocycles. The molecule has 6 nitrogen and oxygen atoms in total. The highest BCUT2D eigenvalue weighted by molar-refractivity contribution is 5.79. The second-order valence-corrected chi connectivity index (χ2v) is 2.35. The number of hydrogen-bond acceptors (Lipinski definition) is 6. The van der Waals surface area contributed by atoms with E-state index in [1.54, 1.807) is 0 Å². The number of hydrogen-bond donors (Lipinski definition) is 0. The van der Waals surface area contributed by atoms with E-state index < -0.39 is 12.1 Å². The predicted octanol–water partition coefficient (Wildman–Crippen LogP) is 0.00710. The molecule has 0 saturated carbocycles. The van der Waals surface area contributed by atoms with Gasteiger partial charge < -0.3 is 14.0 Å². The Morgan fingerprint density at radius 1 is 1.69 bits per heavy atom. The topological polar surface area (TPSA) is 73.9 Å². The maximum absolute atomic E-state index is 11.2. The first-order chi connectivity index (χ1) is 6.36. The lowest BCUT2D eigenvalue weighted by atomic mass is 10.4.